The molecule has 1 fully saturated rings. The summed E-state index contributed by atoms with van der Waals surface area (Å²) in [5.74, 6) is -0.789. The van der Waals surface area contributed by atoms with Gasteiger partial charge in [-0.3, -0.25) is 19.3 Å². The van der Waals surface area contributed by atoms with Crippen LogP contribution in [0.25, 0.3) is 6.08 Å². The summed E-state index contributed by atoms with van der Waals surface area (Å²) in [5.41, 5.74) is 1.07. The molecule has 25 heavy (non-hydrogen) atoms. The highest BCUT2D eigenvalue weighted by molar-refractivity contribution is 8.18. The molecule has 2 N–H and O–H groups in total. The van der Waals surface area contributed by atoms with Crippen LogP contribution in [-0.2, 0) is 9.59 Å². The van der Waals surface area contributed by atoms with Crippen LogP contribution in [0, 0.1) is 6.92 Å². The zero-order valence-electron chi connectivity index (χ0n) is 13.2. The Labute approximate surface area is 147 Å². The first-order chi connectivity index (χ1) is 11.9. The number of aromatic hydroxyl groups is 1. The normalized spacial score (nSPS) is 15.9. The van der Waals surface area contributed by atoms with Gasteiger partial charge in [-0.15, -0.1) is 0 Å². The third-order valence-corrected chi connectivity index (χ3v) is 4.33. The van der Waals surface area contributed by atoms with Crippen molar-refractivity contribution in [1.82, 2.24) is 4.90 Å². The number of nitrogens with one attached hydrogen (secondary N) is 1. The SMILES string of the molecule is Cc1ccc(O)c(NC(=O)CN2C(=O)S/C(=C\c3ccco3)C2=O)c1. The number of benzene rings is 1. The van der Waals surface area contributed by atoms with E-state index in [2.05, 4.69) is 5.32 Å². The Balaban J connectivity index is 1.70. The fourth-order valence-corrected chi connectivity index (χ4v) is 3.04. The van der Waals surface area contributed by atoms with Crippen molar-refractivity contribution in [2.24, 2.45) is 0 Å². The highest BCUT2D eigenvalue weighted by atomic mass is 32.2. The Hall–Kier alpha value is -3.00. The smallest absolute Gasteiger partial charge is 0.294 e. The predicted molar refractivity (Wildman–Crippen MR) is 92.9 cm³/mol. The maximum absolute atomic E-state index is 12.3. The summed E-state index contributed by atoms with van der Waals surface area (Å²) in [6.07, 6.45) is 2.91. The van der Waals surface area contributed by atoms with Gasteiger partial charge < -0.3 is 14.8 Å². The van der Waals surface area contributed by atoms with Crippen molar-refractivity contribution in [1.29, 1.82) is 0 Å². The number of amides is 3. The number of hydrogen-bond acceptors (Lipinski definition) is 6. The molecule has 0 atom stereocenters. The van der Waals surface area contributed by atoms with Crippen LogP contribution in [-0.4, -0.2) is 33.6 Å². The van der Waals surface area contributed by atoms with Crippen LogP contribution in [0.15, 0.2) is 45.9 Å². The molecule has 0 spiro atoms. The number of rotatable bonds is 4. The van der Waals surface area contributed by atoms with Gasteiger partial charge in [0.25, 0.3) is 11.1 Å². The molecule has 7 nitrogen and oxygen atoms in total. The van der Waals surface area contributed by atoms with Crippen LogP contribution in [0.4, 0.5) is 10.5 Å². The summed E-state index contributed by atoms with van der Waals surface area (Å²) in [5, 5.41) is 11.7. The number of aryl methyl sites for hydroxylation is 1. The summed E-state index contributed by atoms with van der Waals surface area (Å²) < 4.78 is 5.12. The minimum atomic E-state index is -0.581. The maximum Gasteiger partial charge on any atom is 0.294 e. The predicted octanol–water partition coefficient (Wildman–Crippen LogP) is 2.97. The molecular weight excluding hydrogens is 344 g/mol. The van der Waals surface area contributed by atoms with Gasteiger partial charge in [0.15, 0.2) is 0 Å². The summed E-state index contributed by atoms with van der Waals surface area (Å²) >= 11 is 0.743. The number of phenols is 1. The van der Waals surface area contributed by atoms with Gasteiger partial charge in [0.2, 0.25) is 5.91 Å². The van der Waals surface area contributed by atoms with E-state index < -0.39 is 23.6 Å². The number of carbonyl (C=O) groups is 3. The van der Waals surface area contributed by atoms with Crippen LogP contribution in [0.1, 0.15) is 11.3 Å². The average molecular weight is 358 g/mol. The van der Waals surface area contributed by atoms with E-state index in [1.165, 1.54) is 18.4 Å². The summed E-state index contributed by atoms with van der Waals surface area (Å²) in [4.78, 5) is 37.5. The first-order valence-electron chi connectivity index (χ1n) is 7.32. The fourth-order valence-electron chi connectivity index (χ4n) is 2.22. The van der Waals surface area contributed by atoms with Crippen molar-refractivity contribution in [3.05, 3.63) is 52.8 Å². The Morgan fingerprint density at radius 1 is 1.36 bits per heavy atom. The summed E-state index contributed by atoms with van der Waals surface area (Å²) in [6.45, 7) is 1.37. The molecule has 0 unspecified atom stereocenters. The molecule has 1 aromatic carbocycles. The van der Waals surface area contributed by atoms with E-state index in [4.69, 9.17) is 4.42 Å². The number of anilines is 1. The molecule has 8 heteroatoms. The average Bonchev–Trinajstić information content (AvgIpc) is 3.15. The molecular formula is C17H14N2O5S. The number of imide groups is 1. The molecule has 2 aromatic rings. The van der Waals surface area contributed by atoms with E-state index in [-0.39, 0.29) is 16.3 Å². The molecule has 1 saturated heterocycles. The molecule has 2 heterocycles. The second-order valence-electron chi connectivity index (χ2n) is 5.35. The lowest BCUT2D eigenvalue weighted by atomic mass is 10.2. The molecule has 3 rings (SSSR count). The first-order valence-corrected chi connectivity index (χ1v) is 8.14. The Kier molecular flexibility index (Phi) is 4.62. The Bertz CT molecular complexity index is 873. The van der Waals surface area contributed by atoms with Crippen LogP contribution in [0.2, 0.25) is 0 Å². The number of phenolic OH excluding ortho intramolecular Hbond substituents is 1. The zero-order valence-corrected chi connectivity index (χ0v) is 14.0. The maximum atomic E-state index is 12.3. The standard InChI is InChI=1S/C17H14N2O5S/c1-10-4-5-13(20)12(7-10)18-15(21)9-19-16(22)14(25-17(19)23)8-11-3-2-6-24-11/h2-8,20H,9H2,1H3,(H,18,21)/b14-8-. The number of nitrogens with zero attached hydrogens (tertiary/aromatic N) is 1. The van der Waals surface area contributed by atoms with Crippen LogP contribution >= 0.6 is 11.8 Å². The number of carbonyl (C=O) groups excluding carboxylic acids is 3. The highest BCUT2D eigenvalue weighted by Gasteiger charge is 2.36. The van der Waals surface area contributed by atoms with Gasteiger partial charge in [0, 0.05) is 6.08 Å². The van der Waals surface area contributed by atoms with Crippen molar-refractivity contribution in [2.45, 2.75) is 6.92 Å². The molecule has 0 radical (unpaired) electrons. The van der Waals surface area contributed by atoms with Crippen LogP contribution < -0.4 is 5.32 Å². The van der Waals surface area contributed by atoms with Gasteiger partial charge in [-0.1, -0.05) is 6.07 Å². The lowest BCUT2D eigenvalue weighted by Crippen LogP contribution is -2.36. The quantitative estimate of drug-likeness (QED) is 0.644. The fraction of sp³-hybridized carbons (Fsp3) is 0.118. The summed E-state index contributed by atoms with van der Waals surface area (Å²) in [7, 11) is 0. The topological polar surface area (TPSA) is 99.8 Å². The van der Waals surface area contributed by atoms with Crippen molar-refractivity contribution in [3.8, 4) is 5.75 Å². The molecule has 0 aliphatic carbocycles. The molecule has 0 saturated carbocycles. The molecule has 1 aliphatic rings. The monoisotopic (exact) mass is 358 g/mol. The van der Waals surface area contributed by atoms with Crippen LogP contribution in [0.3, 0.4) is 0 Å². The number of hydrogen-bond donors (Lipinski definition) is 2. The second kappa shape index (κ2) is 6.86. The molecule has 1 aliphatic heterocycles. The van der Waals surface area contributed by atoms with Gasteiger partial charge in [-0.05, 0) is 48.5 Å². The second-order valence-corrected chi connectivity index (χ2v) is 6.35. The van der Waals surface area contributed by atoms with Gasteiger partial charge in [-0.2, -0.15) is 0 Å². The van der Waals surface area contributed by atoms with E-state index in [0.717, 1.165) is 22.2 Å². The minimum Gasteiger partial charge on any atom is -0.506 e. The third-order valence-electron chi connectivity index (χ3n) is 3.42. The van der Waals surface area contributed by atoms with Crippen molar-refractivity contribution in [2.75, 3.05) is 11.9 Å². The lowest BCUT2D eigenvalue weighted by molar-refractivity contribution is -0.127. The molecule has 1 aromatic heterocycles. The van der Waals surface area contributed by atoms with Gasteiger partial charge in [-0.25, -0.2) is 0 Å². The summed E-state index contributed by atoms with van der Waals surface area (Å²) in [6, 6.07) is 8.06. The largest absolute Gasteiger partial charge is 0.506 e. The van der Waals surface area contributed by atoms with Crippen molar-refractivity contribution >= 4 is 40.6 Å². The Morgan fingerprint density at radius 3 is 2.88 bits per heavy atom. The zero-order chi connectivity index (χ0) is 18.0. The van der Waals surface area contributed by atoms with Gasteiger partial charge >= 0.3 is 0 Å². The van der Waals surface area contributed by atoms with E-state index in [1.807, 2.05) is 6.92 Å². The van der Waals surface area contributed by atoms with Gasteiger partial charge in [0.1, 0.15) is 18.1 Å². The van der Waals surface area contributed by atoms with Crippen molar-refractivity contribution < 1.29 is 23.9 Å². The third kappa shape index (κ3) is 3.74. The van der Waals surface area contributed by atoms with E-state index in [0.29, 0.717) is 5.76 Å². The number of furan rings is 1. The highest BCUT2D eigenvalue weighted by Crippen LogP contribution is 2.32. The molecule has 3 amide bonds. The Morgan fingerprint density at radius 2 is 2.16 bits per heavy atom. The van der Waals surface area contributed by atoms with E-state index in [9.17, 15) is 19.5 Å². The van der Waals surface area contributed by atoms with E-state index >= 15 is 0 Å². The number of thioether (sulfide) groups is 1. The van der Waals surface area contributed by atoms with Crippen LogP contribution in [0.5, 0.6) is 5.75 Å². The first kappa shape index (κ1) is 16.8. The van der Waals surface area contributed by atoms with Gasteiger partial charge in [0.05, 0.1) is 16.9 Å². The molecule has 128 valence electrons. The lowest BCUT2D eigenvalue weighted by Gasteiger charge is -2.13. The minimum absolute atomic E-state index is 0.0918. The van der Waals surface area contributed by atoms with E-state index in [1.54, 1.807) is 24.3 Å². The van der Waals surface area contributed by atoms with Crippen molar-refractivity contribution in [3.63, 3.8) is 0 Å². The molecule has 0 bridgehead atoms.